The number of piperazine rings is 1. The van der Waals surface area contributed by atoms with E-state index >= 15 is 0 Å². The Bertz CT molecular complexity index is 1020. The van der Waals surface area contributed by atoms with Crippen molar-refractivity contribution < 1.29 is 19.3 Å². The van der Waals surface area contributed by atoms with Gasteiger partial charge in [-0.3, -0.25) is 4.99 Å². The summed E-state index contributed by atoms with van der Waals surface area (Å²) in [6.45, 7) is 6.47. The average molecular weight is 482 g/mol. The molecule has 2 heterocycles. The van der Waals surface area contributed by atoms with E-state index in [9.17, 15) is 5.11 Å². The molecule has 0 amide bonds. The van der Waals surface area contributed by atoms with Gasteiger partial charge in [-0.2, -0.15) is 0 Å². The number of benzene rings is 2. The van der Waals surface area contributed by atoms with Gasteiger partial charge >= 0.3 is 0 Å². The predicted octanol–water partition coefficient (Wildman–Crippen LogP) is 3.60. The zero-order chi connectivity index (χ0) is 24.9. The van der Waals surface area contributed by atoms with Crippen LogP contribution in [-0.2, 0) is 11.2 Å². The van der Waals surface area contributed by atoms with Gasteiger partial charge < -0.3 is 29.1 Å². The van der Waals surface area contributed by atoms with Crippen molar-refractivity contribution >= 4 is 11.4 Å². The smallest absolute Gasteiger partial charge is 0.161 e. The Hall–Kier alpha value is -2.61. The fourth-order valence-electron chi connectivity index (χ4n) is 5.06. The zero-order valence-corrected chi connectivity index (χ0v) is 21.7. The molecule has 7 nitrogen and oxygen atoms in total. The second-order valence-electron chi connectivity index (χ2n) is 9.70. The first-order valence-electron chi connectivity index (χ1n) is 12.5. The van der Waals surface area contributed by atoms with Crippen molar-refractivity contribution in [2.75, 3.05) is 59.5 Å². The van der Waals surface area contributed by atoms with Gasteiger partial charge in [0.25, 0.3) is 0 Å². The van der Waals surface area contributed by atoms with Crippen LogP contribution in [0.15, 0.2) is 41.4 Å². The molecule has 1 N–H and O–H groups in total. The second kappa shape index (κ2) is 11.4. The molecule has 1 fully saturated rings. The van der Waals surface area contributed by atoms with Crippen LogP contribution in [-0.4, -0.2) is 82.6 Å². The summed E-state index contributed by atoms with van der Waals surface area (Å²) in [5.41, 5.74) is 5.58. The normalized spacial score (nSPS) is 21.7. The maximum atomic E-state index is 10.00. The molecule has 2 aliphatic rings. The molecule has 2 aromatic carbocycles. The lowest BCUT2D eigenvalue weighted by Gasteiger charge is -2.34. The highest BCUT2D eigenvalue weighted by atomic mass is 16.6. The zero-order valence-electron chi connectivity index (χ0n) is 21.7. The van der Waals surface area contributed by atoms with E-state index in [0.717, 1.165) is 61.6 Å². The number of ether oxygens (including phenoxy) is 3. The number of aliphatic hydroxyl groups is 1. The van der Waals surface area contributed by atoms with Crippen molar-refractivity contribution in [3.05, 3.63) is 53.1 Å². The number of fused-ring (bicyclic) bond motifs is 1. The standard InChI is InChI=1S/C28H39N3O4/c1-19-16-21-17-25(33-3)26(34-4)18-23(21)28(29-24(19)10-11-27(32)35-5)20-6-8-22(9-7-20)31-14-12-30(2)13-15-31/h6-9,17-19,24,27,32H,10-16H2,1-5H3. The Morgan fingerprint density at radius 2 is 1.66 bits per heavy atom. The van der Waals surface area contributed by atoms with Gasteiger partial charge in [-0.15, -0.1) is 0 Å². The van der Waals surface area contributed by atoms with Gasteiger partial charge in [0.15, 0.2) is 17.8 Å². The molecule has 190 valence electrons. The highest BCUT2D eigenvalue weighted by Crippen LogP contribution is 2.36. The number of methoxy groups -OCH3 is 3. The molecule has 3 unspecified atom stereocenters. The molecule has 2 aromatic rings. The van der Waals surface area contributed by atoms with Crippen LogP contribution in [0.5, 0.6) is 11.5 Å². The topological polar surface area (TPSA) is 66.8 Å². The van der Waals surface area contributed by atoms with E-state index < -0.39 is 6.29 Å². The molecule has 35 heavy (non-hydrogen) atoms. The number of rotatable bonds is 8. The summed E-state index contributed by atoms with van der Waals surface area (Å²) in [6.07, 6.45) is 1.40. The summed E-state index contributed by atoms with van der Waals surface area (Å²) in [5, 5.41) is 10.00. The fourth-order valence-corrected chi connectivity index (χ4v) is 5.06. The molecule has 1 saturated heterocycles. The van der Waals surface area contributed by atoms with Gasteiger partial charge in [0, 0.05) is 56.5 Å². The van der Waals surface area contributed by atoms with Crippen LogP contribution in [0.3, 0.4) is 0 Å². The van der Waals surface area contributed by atoms with Crippen molar-refractivity contribution in [2.45, 2.75) is 38.5 Å². The Morgan fingerprint density at radius 1 is 1.00 bits per heavy atom. The molecule has 0 aliphatic carbocycles. The Labute approximate surface area is 209 Å². The average Bonchev–Trinajstić information content (AvgIpc) is 3.02. The van der Waals surface area contributed by atoms with Crippen LogP contribution in [0.4, 0.5) is 5.69 Å². The first-order valence-corrected chi connectivity index (χ1v) is 12.5. The number of aliphatic hydroxyl groups excluding tert-OH is 1. The van der Waals surface area contributed by atoms with Gasteiger partial charge in [-0.05, 0) is 55.6 Å². The van der Waals surface area contributed by atoms with E-state index in [4.69, 9.17) is 19.2 Å². The minimum absolute atomic E-state index is 0.0662. The molecular formula is C28H39N3O4. The molecule has 2 aliphatic heterocycles. The minimum Gasteiger partial charge on any atom is -0.493 e. The number of nitrogens with zero attached hydrogens (tertiary/aromatic N) is 3. The number of anilines is 1. The van der Waals surface area contributed by atoms with Gasteiger partial charge in [0.1, 0.15) is 0 Å². The lowest BCUT2D eigenvalue weighted by molar-refractivity contribution is -0.0803. The third kappa shape index (κ3) is 5.80. The summed E-state index contributed by atoms with van der Waals surface area (Å²) in [6, 6.07) is 13.0. The summed E-state index contributed by atoms with van der Waals surface area (Å²) < 4.78 is 16.3. The summed E-state index contributed by atoms with van der Waals surface area (Å²) >= 11 is 0. The Balaban J connectivity index is 1.71. The van der Waals surface area contributed by atoms with Gasteiger partial charge in [-0.25, -0.2) is 0 Å². The molecule has 7 heteroatoms. The highest BCUT2D eigenvalue weighted by Gasteiger charge is 2.27. The van der Waals surface area contributed by atoms with Crippen LogP contribution in [0.25, 0.3) is 0 Å². The first kappa shape index (κ1) is 25.5. The fraction of sp³-hybridized carbons (Fsp3) is 0.536. The predicted molar refractivity (Wildman–Crippen MR) is 140 cm³/mol. The Kier molecular flexibility index (Phi) is 8.31. The maximum Gasteiger partial charge on any atom is 0.161 e. The molecule has 3 atom stereocenters. The van der Waals surface area contributed by atoms with Crippen LogP contribution < -0.4 is 14.4 Å². The quantitative estimate of drug-likeness (QED) is 0.581. The van der Waals surface area contributed by atoms with E-state index in [1.54, 1.807) is 14.2 Å². The van der Waals surface area contributed by atoms with Gasteiger partial charge in [0.05, 0.1) is 26.0 Å². The molecule has 0 aromatic heterocycles. The lowest BCUT2D eigenvalue weighted by Crippen LogP contribution is -2.44. The van der Waals surface area contributed by atoms with E-state index in [1.165, 1.54) is 18.4 Å². The van der Waals surface area contributed by atoms with Gasteiger partial charge in [-0.1, -0.05) is 19.1 Å². The molecule has 0 radical (unpaired) electrons. The minimum atomic E-state index is -0.769. The van der Waals surface area contributed by atoms with Gasteiger partial charge in [0.2, 0.25) is 0 Å². The summed E-state index contributed by atoms with van der Waals surface area (Å²) in [5.74, 6) is 1.74. The summed E-state index contributed by atoms with van der Waals surface area (Å²) in [4.78, 5) is 10.1. The third-order valence-electron chi connectivity index (χ3n) is 7.35. The Morgan fingerprint density at radius 3 is 2.29 bits per heavy atom. The number of likely N-dealkylation sites (N-methyl/N-ethyl adjacent to an activating group) is 1. The van der Waals surface area contributed by atoms with Crippen LogP contribution in [0.2, 0.25) is 0 Å². The van der Waals surface area contributed by atoms with Crippen molar-refractivity contribution in [1.29, 1.82) is 0 Å². The van der Waals surface area contributed by atoms with E-state index in [1.807, 2.05) is 0 Å². The maximum absolute atomic E-state index is 10.00. The van der Waals surface area contributed by atoms with E-state index in [-0.39, 0.29) is 6.04 Å². The van der Waals surface area contributed by atoms with Crippen molar-refractivity contribution in [3.8, 4) is 11.5 Å². The SMILES string of the molecule is COc1cc2c(cc1OC)C(c1ccc(N3CCN(C)CC3)cc1)=NC(CCC(O)OC)C(C)C2. The van der Waals surface area contributed by atoms with Crippen molar-refractivity contribution in [2.24, 2.45) is 10.9 Å². The van der Waals surface area contributed by atoms with Crippen LogP contribution in [0, 0.1) is 5.92 Å². The monoisotopic (exact) mass is 481 g/mol. The number of aliphatic imine (C=N–C) groups is 1. The molecular weight excluding hydrogens is 442 g/mol. The lowest BCUT2D eigenvalue weighted by atomic mass is 9.90. The molecule has 4 rings (SSSR count). The van der Waals surface area contributed by atoms with E-state index in [2.05, 4.69) is 60.2 Å². The molecule has 0 bridgehead atoms. The van der Waals surface area contributed by atoms with Crippen molar-refractivity contribution in [3.63, 3.8) is 0 Å². The van der Waals surface area contributed by atoms with E-state index in [0.29, 0.717) is 18.1 Å². The van der Waals surface area contributed by atoms with Crippen LogP contribution >= 0.6 is 0 Å². The van der Waals surface area contributed by atoms with Crippen molar-refractivity contribution in [1.82, 2.24) is 4.90 Å². The second-order valence-corrected chi connectivity index (χ2v) is 9.70. The largest absolute Gasteiger partial charge is 0.493 e. The summed E-state index contributed by atoms with van der Waals surface area (Å²) in [7, 11) is 7.05. The third-order valence-corrected chi connectivity index (χ3v) is 7.35. The highest BCUT2D eigenvalue weighted by molar-refractivity contribution is 6.14. The molecule has 0 spiro atoms. The van der Waals surface area contributed by atoms with Crippen LogP contribution in [0.1, 0.15) is 36.5 Å². The number of hydrogen-bond acceptors (Lipinski definition) is 7. The number of hydrogen-bond donors (Lipinski definition) is 1. The molecule has 0 saturated carbocycles. The first-order chi connectivity index (χ1) is 16.9.